The standard InChI is InChI=1S/C44H68O12Si/c1-40(2,3)55-37(45)32(38(46)56-41(4,5)6)27-21-22-28-50-36-35-34(53-43(10,48-13)44(11,49-14)54-35)33(52-39(36)47-12)29-51-57(42(7,8)9,30-23-17-15-18-24-30)31-25-19-16-20-26-31/h15-20,23-26,32-36,39H,21-22,27-29H2,1-14H3/t33-,34-,35+,36-,39+,43+,44+/m1/s1. The topological polar surface area (TPSA) is 126 Å². The highest BCUT2D eigenvalue weighted by atomic mass is 28.4. The van der Waals surface area contributed by atoms with Gasteiger partial charge in [-0.25, -0.2) is 0 Å². The molecule has 0 bridgehead atoms. The Hall–Kier alpha value is -2.72. The molecule has 0 saturated carbocycles. The Morgan fingerprint density at radius 3 is 1.61 bits per heavy atom. The van der Waals surface area contributed by atoms with Crippen molar-refractivity contribution in [1.82, 2.24) is 0 Å². The predicted octanol–water partition coefficient (Wildman–Crippen LogP) is 6.30. The van der Waals surface area contributed by atoms with Crippen LogP contribution < -0.4 is 10.4 Å². The van der Waals surface area contributed by atoms with Gasteiger partial charge in [0.15, 0.2) is 12.2 Å². The Morgan fingerprint density at radius 2 is 1.19 bits per heavy atom. The second-order valence-electron chi connectivity index (χ2n) is 18.2. The average Bonchev–Trinajstić information content (AvgIpc) is 3.13. The second kappa shape index (κ2) is 18.7. The number of hydrogen-bond donors (Lipinski definition) is 0. The number of fused-ring (bicyclic) bond motifs is 1. The van der Waals surface area contributed by atoms with Crippen molar-refractivity contribution < 1.29 is 56.6 Å². The van der Waals surface area contributed by atoms with Crippen molar-refractivity contribution in [3.05, 3.63) is 60.7 Å². The largest absolute Gasteiger partial charge is 0.459 e. The Morgan fingerprint density at radius 1 is 0.719 bits per heavy atom. The van der Waals surface area contributed by atoms with Crippen LogP contribution in [0.15, 0.2) is 60.7 Å². The van der Waals surface area contributed by atoms with Gasteiger partial charge in [0.25, 0.3) is 8.32 Å². The minimum atomic E-state index is -2.97. The molecule has 2 aromatic carbocycles. The van der Waals surface area contributed by atoms with Crippen LogP contribution >= 0.6 is 0 Å². The van der Waals surface area contributed by atoms with E-state index in [2.05, 4.69) is 45.0 Å². The fourth-order valence-corrected chi connectivity index (χ4v) is 12.1. The van der Waals surface area contributed by atoms with Gasteiger partial charge in [0.2, 0.25) is 11.6 Å². The van der Waals surface area contributed by atoms with E-state index in [9.17, 15) is 9.59 Å². The van der Waals surface area contributed by atoms with Crippen LogP contribution in [-0.4, -0.2) is 108 Å². The fourth-order valence-electron chi connectivity index (χ4n) is 7.57. The molecule has 0 amide bonds. The maximum absolute atomic E-state index is 13.1. The molecule has 0 spiro atoms. The van der Waals surface area contributed by atoms with E-state index in [1.54, 1.807) is 76.7 Å². The summed E-state index contributed by atoms with van der Waals surface area (Å²) < 4.78 is 63.2. The summed E-state index contributed by atoms with van der Waals surface area (Å²) in [6, 6.07) is 20.8. The van der Waals surface area contributed by atoms with Gasteiger partial charge >= 0.3 is 11.9 Å². The number of carbonyl (C=O) groups excluding carboxylic acids is 2. The molecule has 57 heavy (non-hydrogen) atoms. The van der Waals surface area contributed by atoms with Gasteiger partial charge in [0.05, 0.1) is 6.61 Å². The van der Waals surface area contributed by atoms with Gasteiger partial charge < -0.3 is 47.1 Å². The van der Waals surface area contributed by atoms with Crippen LogP contribution in [0.5, 0.6) is 0 Å². The van der Waals surface area contributed by atoms with Crippen molar-refractivity contribution in [2.75, 3.05) is 34.5 Å². The summed E-state index contributed by atoms with van der Waals surface area (Å²) >= 11 is 0. The molecule has 13 heteroatoms. The van der Waals surface area contributed by atoms with Crippen LogP contribution in [0.3, 0.4) is 0 Å². The number of ether oxygens (including phenoxy) is 9. The molecule has 2 saturated heterocycles. The smallest absolute Gasteiger partial charge is 0.320 e. The molecular formula is C44H68O12Si. The lowest BCUT2D eigenvalue weighted by Gasteiger charge is -2.57. The molecule has 0 N–H and O–H groups in total. The van der Waals surface area contributed by atoms with E-state index in [1.807, 2.05) is 36.4 Å². The van der Waals surface area contributed by atoms with Gasteiger partial charge in [-0.1, -0.05) is 81.4 Å². The van der Waals surface area contributed by atoms with Gasteiger partial charge in [-0.2, -0.15) is 0 Å². The number of rotatable bonds is 16. The molecule has 12 nitrogen and oxygen atoms in total. The first-order chi connectivity index (χ1) is 26.5. The zero-order chi connectivity index (χ0) is 42.5. The molecule has 7 atom stereocenters. The van der Waals surface area contributed by atoms with Gasteiger partial charge in [-0.05, 0) is 90.1 Å². The van der Waals surface area contributed by atoms with Gasteiger partial charge in [0.1, 0.15) is 35.6 Å². The number of unbranched alkanes of at least 4 members (excludes halogenated alkanes) is 1. The third kappa shape index (κ3) is 10.9. The van der Waals surface area contributed by atoms with Crippen LogP contribution in [0.2, 0.25) is 5.04 Å². The summed E-state index contributed by atoms with van der Waals surface area (Å²) in [4.78, 5) is 26.2. The summed E-state index contributed by atoms with van der Waals surface area (Å²) in [5.41, 5.74) is -1.51. The highest BCUT2D eigenvalue weighted by Gasteiger charge is 2.63. The summed E-state index contributed by atoms with van der Waals surface area (Å²) in [5, 5.41) is 1.99. The first-order valence-corrected chi connectivity index (χ1v) is 21.9. The van der Waals surface area contributed by atoms with Crippen LogP contribution in [0, 0.1) is 5.92 Å². The summed E-state index contributed by atoms with van der Waals surface area (Å²) in [6.45, 7) is 21.2. The van der Waals surface area contributed by atoms with Crippen LogP contribution in [0.25, 0.3) is 0 Å². The van der Waals surface area contributed by atoms with Gasteiger partial charge in [-0.15, -0.1) is 0 Å². The molecule has 2 aliphatic heterocycles. The molecule has 2 aliphatic rings. The molecule has 2 heterocycles. The molecular weight excluding hydrogens is 749 g/mol. The third-order valence-corrected chi connectivity index (χ3v) is 15.6. The van der Waals surface area contributed by atoms with E-state index >= 15 is 0 Å². The minimum absolute atomic E-state index is 0.157. The van der Waals surface area contributed by atoms with E-state index in [4.69, 9.17) is 47.1 Å². The Labute approximate surface area is 341 Å². The maximum atomic E-state index is 13.1. The van der Waals surface area contributed by atoms with Crippen molar-refractivity contribution >= 4 is 30.6 Å². The number of esters is 2. The maximum Gasteiger partial charge on any atom is 0.320 e. The summed E-state index contributed by atoms with van der Waals surface area (Å²) in [7, 11) is 1.68. The van der Waals surface area contributed by atoms with E-state index in [0.717, 1.165) is 10.4 Å². The third-order valence-electron chi connectivity index (χ3n) is 10.6. The van der Waals surface area contributed by atoms with Crippen molar-refractivity contribution in [3.63, 3.8) is 0 Å². The van der Waals surface area contributed by atoms with Crippen molar-refractivity contribution in [2.24, 2.45) is 5.92 Å². The highest BCUT2D eigenvalue weighted by molar-refractivity contribution is 6.99. The van der Waals surface area contributed by atoms with E-state index in [-0.39, 0.29) is 24.7 Å². The lowest BCUT2D eigenvalue weighted by atomic mass is 9.94. The lowest BCUT2D eigenvalue weighted by Crippen LogP contribution is -2.74. The molecule has 2 fully saturated rings. The molecule has 0 unspecified atom stereocenters. The first kappa shape index (κ1) is 47.0. The molecule has 0 aliphatic carbocycles. The normalized spacial score (nSPS) is 27.2. The summed E-state index contributed by atoms with van der Waals surface area (Å²) in [6.07, 6.45) is -2.54. The first-order valence-electron chi connectivity index (χ1n) is 20.0. The van der Waals surface area contributed by atoms with Crippen LogP contribution in [-0.2, 0) is 56.6 Å². The quantitative estimate of drug-likeness (QED) is 0.0818. The average molecular weight is 817 g/mol. The number of carbonyl (C=O) groups is 2. The Balaban J connectivity index is 1.60. The van der Waals surface area contributed by atoms with Crippen molar-refractivity contribution in [3.8, 4) is 0 Å². The number of benzene rings is 2. The van der Waals surface area contributed by atoms with Crippen molar-refractivity contribution in [1.29, 1.82) is 0 Å². The lowest BCUT2D eigenvalue weighted by molar-refractivity contribution is -0.480. The molecule has 320 valence electrons. The minimum Gasteiger partial charge on any atom is -0.459 e. The second-order valence-corrected chi connectivity index (χ2v) is 22.5. The Bertz CT molecular complexity index is 1520. The zero-order valence-electron chi connectivity index (χ0n) is 36.7. The molecule has 0 radical (unpaired) electrons. The van der Waals surface area contributed by atoms with Gasteiger partial charge in [-0.3, -0.25) is 9.59 Å². The number of methoxy groups -OCH3 is 3. The zero-order valence-corrected chi connectivity index (χ0v) is 37.7. The SMILES string of the molecule is CO[C@H]1O[C@H](CO[Si](c2ccccc2)(c2ccccc2)C(C)(C)C)[C@H]2O[C@](C)(OC)[C@@](C)(OC)O[C@@H]2[C@H]1OCCCCC(C(=O)OC(C)(C)C)C(=O)OC(C)(C)C. The monoisotopic (exact) mass is 816 g/mol. The Kier molecular flexibility index (Phi) is 15.4. The van der Waals surface area contributed by atoms with Crippen LogP contribution in [0.4, 0.5) is 0 Å². The van der Waals surface area contributed by atoms with E-state index < -0.39 is 79.7 Å². The summed E-state index contributed by atoms with van der Waals surface area (Å²) in [5.74, 6) is -4.96. The van der Waals surface area contributed by atoms with Crippen molar-refractivity contribution in [2.45, 2.75) is 154 Å². The van der Waals surface area contributed by atoms with Crippen LogP contribution in [0.1, 0.15) is 95.4 Å². The number of hydrogen-bond acceptors (Lipinski definition) is 12. The molecule has 2 aromatic rings. The highest BCUT2D eigenvalue weighted by Crippen LogP contribution is 2.45. The van der Waals surface area contributed by atoms with E-state index in [1.165, 1.54) is 0 Å². The van der Waals surface area contributed by atoms with Gasteiger partial charge in [0, 0.05) is 27.9 Å². The fraction of sp³-hybridized carbons (Fsp3) is 0.682. The molecule has 4 rings (SSSR count). The molecule has 0 aromatic heterocycles. The predicted molar refractivity (Wildman–Crippen MR) is 219 cm³/mol. The van der Waals surface area contributed by atoms with E-state index in [0.29, 0.717) is 12.8 Å².